The molecule has 0 aliphatic carbocycles. The summed E-state index contributed by atoms with van der Waals surface area (Å²) in [7, 11) is 1.41. The molecule has 1 aromatic heterocycles. The van der Waals surface area contributed by atoms with Crippen molar-refractivity contribution in [2.45, 2.75) is 0 Å². The fourth-order valence-corrected chi connectivity index (χ4v) is 1.69. The Bertz CT molecular complexity index is 685. The molecule has 0 saturated carbocycles. The van der Waals surface area contributed by atoms with Gasteiger partial charge in [0.15, 0.2) is 5.43 Å². The minimum Gasteiger partial charge on any atom is -0.482 e. The van der Waals surface area contributed by atoms with Crippen LogP contribution in [0.5, 0.6) is 5.88 Å². The highest BCUT2D eigenvalue weighted by molar-refractivity contribution is 5.88. The van der Waals surface area contributed by atoms with Crippen LogP contribution in [0, 0.1) is 0 Å². The summed E-state index contributed by atoms with van der Waals surface area (Å²) >= 11 is 0. The van der Waals surface area contributed by atoms with E-state index in [0.717, 1.165) is 6.08 Å². The number of carboxylic acids is 1. The third kappa shape index (κ3) is 2.10. The van der Waals surface area contributed by atoms with E-state index in [2.05, 4.69) is 4.98 Å². The number of ether oxygens (including phenoxy) is 1. The number of nitrogens with one attached hydrogen (secondary N) is 1. The number of hydrogen-bond acceptors (Lipinski definition) is 3. The van der Waals surface area contributed by atoms with Crippen molar-refractivity contribution in [1.29, 1.82) is 0 Å². The third-order valence-corrected chi connectivity index (χ3v) is 2.51. The van der Waals surface area contributed by atoms with E-state index < -0.39 is 5.97 Å². The van der Waals surface area contributed by atoms with Crippen LogP contribution in [-0.2, 0) is 4.79 Å². The van der Waals surface area contributed by atoms with Crippen LogP contribution in [0.15, 0.2) is 35.1 Å². The van der Waals surface area contributed by atoms with Gasteiger partial charge < -0.3 is 14.8 Å². The molecule has 0 spiro atoms. The summed E-state index contributed by atoms with van der Waals surface area (Å²) in [5, 5.41) is 9.09. The van der Waals surface area contributed by atoms with Gasteiger partial charge in [0.25, 0.3) is 0 Å². The van der Waals surface area contributed by atoms with Crippen molar-refractivity contribution in [3.8, 4) is 5.88 Å². The maximum Gasteiger partial charge on any atom is 0.328 e. The Balaban J connectivity index is 2.74. The number of H-pyrrole nitrogens is 1. The quantitative estimate of drug-likeness (QED) is 0.805. The van der Waals surface area contributed by atoms with Gasteiger partial charge in [0.1, 0.15) is 0 Å². The molecule has 5 heteroatoms. The van der Waals surface area contributed by atoms with Crippen LogP contribution >= 0.6 is 0 Å². The summed E-state index contributed by atoms with van der Waals surface area (Å²) in [6.07, 6.45) is 2.13. The molecule has 5 nitrogen and oxygen atoms in total. The third-order valence-electron chi connectivity index (χ3n) is 2.51. The number of pyridine rings is 1. The first kappa shape index (κ1) is 11.9. The van der Waals surface area contributed by atoms with Crippen LogP contribution in [-0.4, -0.2) is 23.2 Å². The highest BCUT2D eigenvalue weighted by Gasteiger charge is 2.09. The molecular formula is C13H11NO4. The molecule has 92 valence electrons. The van der Waals surface area contributed by atoms with E-state index in [0.29, 0.717) is 10.9 Å². The molecule has 0 fully saturated rings. The molecule has 2 aromatic rings. The van der Waals surface area contributed by atoms with Crippen LogP contribution in [0.1, 0.15) is 5.56 Å². The van der Waals surface area contributed by atoms with Gasteiger partial charge in [-0.25, -0.2) is 4.79 Å². The van der Waals surface area contributed by atoms with Gasteiger partial charge in [0.2, 0.25) is 5.88 Å². The first-order valence-corrected chi connectivity index (χ1v) is 5.23. The number of aromatic amines is 1. The number of carbonyl (C=O) groups is 1. The fourth-order valence-electron chi connectivity index (χ4n) is 1.69. The number of aliphatic carboxylic acids is 1. The largest absolute Gasteiger partial charge is 0.482 e. The van der Waals surface area contributed by atoms with Crippen molar-refractivity contribution >= 4 is 22.9 Å². The second-order valence-electron chi connectivity index (χ2n) is 3.62. The summed E-state index contributed by atoms with van der Waals surface area (Å²) in [5.41, 5.74) is 0.573. The lowest BCUT2D eigenvalue weighted by Gasteiger charge is -2.06. The van der Waals surface area contributed by atoms with E-state index in [1.54, 1.807) is 24.3 Å². The molecule has 0 bridgehead atoms. The Kier molecular flexibility index (Phi) is 3.14. The van der Waals surface area contributed by atoms with Gasteiger partial charge in [-0.3, -0.25) is 4.79 Å². The molecule has 2 rings (SSSR count). The van der Waals surface area contributed by atoms with Gasteiger partial charge in [0.05, 0.1) is 18.2 Å². The SMILES string of the molecule is COc1[nH]c2ccccc2c(=O)c1/C=C/C(=O)O. The lowest BCUT2D eigenvalue weighted by atomic mass is 10.1. The lowest BCUT2D eigenvalue weighted by Crippen LogP contribution is -2.09. The zero-order valence-corrected chi connectivity index (χ0v) is 9.64. The van der Waals surface area contributed by atoms with E-state index in [1.807, 2.05) is 0 Å². The van der Waals surface area contributed by atoms with Crippen LogP contribution < -0.4 is 10.2 Å². The number of aromatic nitrogens is 1. The smallest absolute Gasteiger partial charge is 0.328 e. The molecule has 1 heterocycles. The molecule has 0 unspecified atom stereocenters. The number of rotatable bonds is 3. The standard InChI is InChI=1S/C13H11NO4/c1-18-13-9(6-7-11(15)16)12(17)8-4-2-3-5-10(8)14-13/h2-7H,1H3,(H,14,17)(H,15,16)/b7-6+. The number of hydrogen-bond donors (Lipinski definition) is 2. The second-order valence-corrected chi connectivity index (χ2v) is 3.62. The minimum absolute atomic E-state index is 0.193. The number of para-hydroxylation sites is 1. The average Bonchev–Trinajstić information content (AvgIpc) is 2.37. The second kappa shape index (κ2) is 4.75. The maximum absolute atomic E-state index is 12.2. The highest BCUT2D eigenvalue weighted by atomic mass is 16.5. The van der Waals surface area contributed by atoms with Gasteiger partial charge in [-0.15, -0.1) is 0 Å². The van der Waals surface area contributed by atoms with Crippen molar-refractivity contribution in [2.24, 2.45) is 0 Å². The zero-order chi connectivity index (χ0) is 13.1. The molecular weight excluding hydrogens is 234 g/mol. The Morgan fingerprint density at radius 3 is 2.78 bits per heavy atom. The van der Waals surface area contributed by atoms with Gasteiger partial charge in [-0.1, -0.05) is 12.1 Å². The van der Waals surface area contributed by atoms with E-state index in [9.17, 15) is 9.59 Å². The Labute approximate surface area is 102 Å². The molecule has 0 aliphatic rings. The van der Waals surface area contributed by atoms with Gasteiger partial charge in [-0.05, 0) is 18.2 Å². The fraction of sp³-hybridized carbons (Fsp3) is 0.0769. The Hall–Kier alpha value is -2.56. The number of methoxy groups -OCH3 is 1. The summed E-state index contributed by atoms with van der Waals surface area (Å²) in [5.74, 6) is -0.874. The first-order chi connectivity index (χ1) is 8.63. The predicted molar refractivity (Wildman–Crippen MR) is 67.8 cm³/mol. The highest BCUT2D eigenvalue weighted by Crippen LogP contribution is 2.18. The van der Waals surface area contributed by atoms with E-state index in [4.69, 9.17) is 9.84 Å². The predicted octanol–water partition coefficient (Wildman–Crippen LogP) is 1.63. The van der Waals surface area contributed by atoms with Crippen LogP contribution in [0.2, 0.25) is 0 Å². The van der Waals surface area contributed by atoms with E-state index >= 15 is 0 Å². The molecule has 0 atom stereocenters. The molecule has 1 aromatic carbocycles. The molecule has 0 amide bonds. The number of carboxylic acid groups (broad SMARTS) is 1. The summed E-state index contributed by atoms with van der Waals surface area (Å²) in [6, 6.07) is 6.97. The van der Waals surface area contributed by atoms with Crippen molar-refractivity contribution in [3.05, 3.63) is 46.1 Å². The molecule has 0 aliphatic heterocycles. The topological polar surface area (TPSA) is 79.4 Å². The van der Waals surface area contributed by atoms with Crippen LogP contribution in [0.25, 0.3) is 17.0 Å². The maximum atomic E-state index is 12.2. The van der Waals surface area contributed by atoms with Crippen molar-refractivity contribution < 1.29 is 14.6 Å². The molecule has 18 heavy (non-hydrogen) atoms. The van der Waals surface area contributed by atoms with E-state index in [-0.39, 0.29) is 16.9 Å². The zero-order valence-electron chi connectivity index (χ0n) is 9.64. The summed E-state index contributed by atoms with van der Waals surface area (Å²) in [6.45, 7) is 0. The monoisotopic (exact) mass is 245 g/mol. The molecule has 0 saturated heterocycles. The van der Waals surface area contributed by atoms with Crippen molar-refractivity contribution in [1.82, 2.24) is 4.98 Å². The van der Waals surface area contributed by atoms with Crippen molar-refractivity contribution in [3.63, 3.8) is 0 Å². The lowest BCUT2D eigenvalue weighted by molar-refractivity contribution is -0.131. The van der Waals surface area contributed by atoms with Crippen LogP contribution in [0.4, 0.5) is 0 Å². The first-order valence-electron chi connectivity index (χ1n) is 5.23. The average molecular weight is 245 g/mol. The minimum atomic E-state index is -1.12. The summed E-state index contributed by atoms with van der Waals surface area (Å²) in [4.78, 5) is 25.6. The van der Waals surface area contributed by atoms with Gasteiger partial charge in [-0.2, -0.15) is 0 Å². The van der Waals surface area contributed by atoms with Gasteiger partial charge >= 0.3 is 5.97 Å². The van der Waals surface area contributed by atoms with Crippen LogP contribution in [0.3, 0.4) is 0 Å². The van der Waals surface area contributed by atoms with Crippen molar-refractivity contribution in [2.75, 3.05) is 7.11 Å². The molecule has 2 N–H and O–H groups in total. The normalized spacial score (nSPS) is 10.9. The van der Waals surface area contributed by atoms with Gasteiger partial charge in [0, 0.05) is 11.5 Å². The van der Waals surface area contributed by atoms with E-state index in [1.165, 1.54) is 13.2 Å². The Morgan fingerprint density at radius 2 is 2.11 bits per heavy atom. The Morgan fingerprint density at radius 1 is 1.39 bits per heavy atom. The number of fused-ring (bicyclic) bond motifs is 1. The summed E-state index contributed by atoms with van der Waals surface area (Å²) < 4.78 is 5.07. The number of benzene rings is 1. The molecule has 0 radical (unpaired) electrons.